The third-order valence-electron chi connectivity index (χ3n) is 5.04. The molecule has 2 heterocycles. The molecule has 1 aliphatic heterocycles. The van der Waals surface area contributed by atoms with Gasteiger partial charge in [0.25, 0.3) is 0 Å². The summed E-state index contributed by atoms with van der Waals surface area (Å²) in [5, 5.41) is 1.02. The SMILES string of the molecule is COc1ccc(-c2nc(-c3ccc(OCCN4CCOCC4)cc3)c(C)s2)cc1. The van der Waals surface area contributed by atoms with E-state index in [1.165, 1.54) is 4.88 Å². The van der Waals surface area contributed by atoms with E-state index in [0.717, 1.165) is 66.2 Å². The van der Waals surface area contributed by atoms with E-state index < -0.39 is 0 Å². The molecule has 1 fully saturated rings. The molecule has 3 aromatic rings. The minimum atomic E-state index is 0.691. The fourth-order valence-corrected chi connectivity index (χ4v) is 4.29. The molecule has 0 aliphatic carbocycles. The number of thiazole rings is 1. The standard InChI is InChI=1S/C23H26N2O3S/c1-17-22(24-23(29-17)19-5-7-20(26-2)8-6-19)18-3-9-21(10-4-18)28-16-13-25-11-14-27-15-12-25/h3-10H,11-16H2,1-2H3. The molecule has 0 saturated carbocycles. The summed E-state index contributed by atoms with van der Waals surface area (Å²) in [4.78, 5) is 8.45. The Bertz CT molecular complexity index is 916. The lowest BCUT2D eigenvalue weighted by Gasteiger charge is -2.26. The summed E-state index contributed by atoms with van der Waals surface area (Å²) in [5.74, 6) is 1.75. The molecule has 5 nitrogen and oxygen atoms in total. The lowest BCUT2D eigenvalue weighted by Crippen LogP contribution is -2.38. The molecule has 0 radical (unpaired) electrons. The smallest absolute Gasteiger partial charge is 0.124 e. The summed E-state index contributed by atoms with van der Waals surface area (Å²) in [6.45, 7) is 7.36. The van der Waals surface area contributed by atoms with Crippen LogP contribution < -0.4 is 9.47 Å². The van der Waals surface area contributed by atoms with Crippen LogP contribution in [0.15, 0.2) is 48.5 Å². The van der Waals surface area contributed by atoms with Gasteiger partial charge in [-0.25, -0.2) is 4.98 Å². The molecule has 1 aliphatic rings. The first-order chi connectivity index (χ1) is 14.2. The van der Waals surface area contributed by atoms with Gasteiger partial charge in [0.1, 0.15) is 23.1 Å². The second kappa shape index (κ2) is 9.39. The highest BCUT2D eigenvalue weighted by atomic mass is 32.1. The van der Waals surface area contributed by atoms with Crippen molar-refractivity contribution < 1.29 is 14.2 Å². The number of ether oxygens (including phenoxy) is 3. The normalized spacial score (nSPS) is 14.7. The van der Waals surface area contributed by atoms with Gasteiger partial charge < -0.3 is 14.2 Å². The summed E-state index contributed by atoms with van der Waals surface area (Å²) in [7, 11) is 1.68. The predicted octanol–water partition coefficient (Wildman–Crippen LogP) is 4.51. The van der Waals surface area contributed by atoms with Crippen LogP contribution in [0.1, 0.15) is 4.88 Å². The first kappa shape index (κ1) is 19.9. The second-order valence-corrected chi connectivity index (χ2v) is 8.18. The molecule has 0 spiro atoms. The zero-order valence-electron chi connectivity index (χ0n) is 16.9. The molecule has 2 aromatic carbocycles. The highest BCUT2D eigenvalue weighted by molar-refractivity contribution is 7.15. The van der Waals surface area contributed by atoms with Crippen LogP contribution in [0.25, 0.3) is 21.8 Å². The van der Waals surface area contributed by atoms with Crippen LogP contribution in [0, 0.1) is 6.92 Å². The summed E-state index contributed by atoms with van der Waals surface area (Å²) >= 11 is 1.71. The predicted molar refractivity (Wildman–Crippen MR) is 117 cm³/mol. The van der Waals surface area contributed by atoms with Crippen LogP contribution in [-0.2, 0) is 4.74 Å². The summed E-state index contributed by atoms with van der Waals surface area (Å²) in [6.07, 6.45) is 0. The maximum Gasteiger partial charge on any atom is 0.124 e. The Hall–Kier alpha value is -2.41. The van der Waals surface area contributed by atoms with E-state index in [9.17, 15) is 0 Å². The molecular formula is C23H26N2O3S. The van der Waals surface area contributed by atoms with Crippen LogP contribution in [-0.4, -0.2) is 56.4 Å². The Balaban J connectivity index is 1.40. The summed E-state index contributed by atoms with van der Waals surface area (Å²) in [6, 6.07) is 16.3. The highest BCUT2D eigenvalue weighted by Crippen LogP contribution is 2.34. The monoisotopic (exact) mass is 410 g/mol. The number of hydrogen-bond acceptors (Lipinski definition) is 6. The maximum atomic E-state index is 5.91. The van der Waals surface area contributed by atoms with Crippen LogP contribution in [0.4, 0.5) is 0 Å². The van der Waals surface area contributed by atoms with Crippen molar-refractivity contribution >= 4 is 11.3 Å². The van der Waals surface area contributed by atoms with Gasteiger partial charge in [-0.3, -0.25) is 4.90 Å². The Morgan fingerprint density at radius 2 is 1.62 bits per heavy atom. The van der Waals surface area contributed by atoms with Crippen molar-refractivity contribution in [3.05, 3.63) is 53.4 Å². The van der Waals surface area contributed by atoms with Crippen molar-refractivity contribution in [1.29, 1.82) is 0 Å². The lowest BCUT2D eigenvalue weighted by molar-refractivity contribution is 0.0322. The summed E-state index contributed by atoms with van der Waals surface area (Å²) < 4.78 is 16.5. The van der Waals surface area contributed by atoms with Crippen LogP contribution in [0.5, 0.6) is 11.5 Å². The Morgan fingerprint density at radius 3 is 2.31 bits per heavy atom. The zero-order chi connectivity index (χ0) is 20.1. The van der Waals surface area contributed by atoms with Gasteiger partial charge in [-0.15, -0.1) is 11.3 Å². The number of aryl methyl sites for hydroxylation is 1. The van der Waals surface area contributed by atoms with E-state index >= 15 is 0 Å². The molecule has 152 valence electrons. The largest absolute Gasteiger partial charge is 0.497 e. The number of rotatable bonds is 7. The number of aromatic nitrogens is 1. The van der Waals surface area contributed by atoms with Crippen LogP contribution >= 0.6 is 11.3 Å². The molecule has 0 N–H and O–H groups in total. The van der Waals surface area contributed by atoms with Crippen molar-refractivity contribution in [3.8, 4) is 33.3 Å². The minimum absolute atomic E-state index is 0.691. The van der Waals surface area contributed by atoms with Gasteiger partial charge in [0, 0.05) is 35.6 Å². The molecule has 0 unspecified atom stereocenters. The van der Waals surface area contributed by atoms with Gasteiger partial charge in [0.2, 0.25) is 0 Å². The Kier molecular flexibility index (Phi) is 6.44. The Labute approximate surface area is 175 Å². The van der Waals surface area contributed by atoms with E-state index in [2.05, 4.69) is 24.0 Å². The van der Waals surface area contributed by atoms with Gasteiger partial charge in [-0.2, -0.15) is 0 Å². The van der Waals surface area contributed by atoms with E-state index in [4.69, 9.17) is 19.2 Å². The fraction of sp³-hybridized carbons (Fsp3) is 0.348. The molecule has 0 amide bonds. The third-order valence-corrected chi connectivity index (χ3v) is 6.06. The average Bonchev–Trinajstić information content (AvgIpc) is 3.17. The molecule has 1 saturated heterocycles. The molecule has 4 rings (SSSR count). The maximum absolute atomic E-state index is 5.91. The van der Waals surface area contributed by atoms with Gasteiger partial charge in [0.15, 0.2) is 0 Å². The number of nitrogens with zero attached hydrogens (tertiary/aromatic N) is 2. The van der Waals surface area contributed by atoms with Crippen molar-refractivity contribution in [2.45, 2.75) is 6.92 Å². The van der Waals surface area contributed by atoms with Crippen LogP contribution in [0.2, 0.25) is 0 Å². The van der Waals surface area contributed by atoms with Gasteiger partial charge in [-0.05, 0) is 55.5 Å². The third kappa shape index (κ3) is 4.96. The number of benzene rings is 2. The molecule has 0 atom stereocenters. The van der Waals surface area contributed by atoms with E-state index in [0.29, 0.717) is 6.61 Å². The van der Waals surface area contributed by atoms with Gasteiger partial charge >= 0.3 is 0 Å². The van der Waals surface area contributed by atoms with E-state index in [1.807, 2.05) is 36.4 Å². The Morgan fingerprint density at radius 1 is 0.966 bits per heavy atom. The van der Waals surface area contributed by atoms with Gasteiger partial charge in [0.05, 0.1) is 26.0 Å². The molecule has 1 aromatic heterocycles. The topological polar surface area (TPSA) is 43.8 Å². The van der Waals surface area contributed by atoms with Gasteiger partial charge in [-0.1, -0.05) is 0 Å². The van der Waals surface area contributed by atoms with Crippen molar-refractivity contribution in [1.82, 2.24) is 9.88 Å². The lowest BCUT2D eigenvalue weighted by atomic mass is 10.1. The van der Waals surface area contributed by atoms with E-state index in [-0.39, 0.29) is 0 Å². The van der Waals surface area contributed by atoms with Crippen molar-refractivity contribution in [2.75, 3.05) is 46.6 Å². The molecule has 0 bridgehead atoms. The first-order valence-corrected chi connectivity index (χ1v) is 10.7. The number of morpholine rings is 1. The summed E-state index contributed by atoms with van der Waals surface area (Å²) in [5.41, 5.74) is 3.24. The highest BCUT2D eigenvalue weighted by Gasteiger charge is 2.12. The van der Waals surface area contributed by atoms with Crippen molar-refractivity contribution in [3.63, 3.8) is 0 Å². The second-order valence-electron chi connectivity index (χ2n) is 6.98. The number of methoxy groups -OCH3 is 1. The molecule has 29 heavy (non-hydrogen) atoms. The molecule has 6 heteroatoms. The molecular weight excluding hydrogens is 384 g/mol. The fourth-order valence-electron chi connectivity index (χ4n) is 3.35. The quantitative estimate of drug-likeness (QED) is 0.574. The minimum Gasteiger partial charge on any atom is -0.497 e. The number of hydrogen-bond donors (Lipinski definition) is 0. The van der Waals surface area contributed by atoms with E-state index in [1.54, 1.807) is 18.4 Å². The zero-order valence-corrected chi connectivity index (χ0v) is 17.7. The average molecular weight is 411 g/mol. The first-order valence-electron chi connectivity index (χ1n) is 9.88. The van der Waals surface area contributed by atoms with Crippen molar-refractivity contribution in [2.24, 2.45) is 0 Å². The van der Waals surface area contributed by atoms with Crippen LogP contribution in [0.3, 0.4) is 0 Å².